The van der Waals surface area contributed by atoms with E-state index in [-0.39, 0.29) is 0 Å². The minimum atomic E-state index is -7.47. The third kappa shape index (κ3) is 2.49. The predicted molar refractivity (Wildman–Crippen MR) is 68.0 cm³/mol. The van der Waals surface area contributed by atoms with E-state index in [2.05, 4.69) is 0 Å². The number of rotatable bonds is 3. The van der Waals surface area contributed by atoms with Crippen LogP contribution in [0.25, 0.3) is 5.76 Å². The smallest absolute Gasteiger partial charge is 0.384 e. The highest BCUT2D eigenvalue weighted by atomic mass is 19.4. The molecule has 2 rings (SSSR count). The summed E-state index contributed by atoms with van der Waals surface area (Å²) in [4.78, 5) is 11.6. The first kappa shape index (κ1) is 22.9. The van der Waals surface area contributed by atoms with Crippen molar-refractivity contribution in [3.63, 3.8) is 0 Å². The lowest BCUT2D eigenvalue weighted by molar-refractivity contribution is -0.475. The zero-order valence-electron chi connectivity index (χ0n) is 13.2. The van der Waals surface area contributed by atoms with Crippen LogP contribution < -0.4 is 5.11 Å². The molecule has 0 aliphatic heterocycles. The molecular weight excluding hydrogens is 440 g/mol. The van der Waals surface area contributed by atoms with Gasteiger partial charge in [0.2, 0.25) is 5.78 Å². The molecule has 162 valence electrons. The summed E-state index contributed by atoms with van der Waals surface area (Å²) in [7, 11) is 0. The second kappa shape index (κ2) is 6.05. The fraction of sp³-hybridized carbons (Fsp3) is 0.400. The van der Waals surface area contributed by atoms with Crippen LogP contribution in [0.3, 0.4) is 0 Å². The highest BCUT2D eigenvalue weighted by Gasteiger charge is 3.02. The second-order valence-electron chi connectivity index (χ2n) is 5.91. The number of benzene rings is 1. The molecule has 1 aromatic carbocycles. The zero-order chi connectivity index (χ0) is 22.8. The molecular formula is C15H5F12O2-. The summed E-state index contributed by atoms with van der Waals surface area (Å²) in [5, 5.41) is 11.6. The van der Waals surface area contributed by atoms with Crippen molar-refractivity contribution in [1.82, 2.24) is 0 Å². The van der Waals surface area contributed by atoms with Gasteiger partial charge in [0.05, 0.1) is 0 Å². The third-order valence-corrected chi connectivity index (χ3v) is 4.17. The highest BCUT2D eigenvalue weighted by Crippen LogP contribution is 2.69. The second-order valence-corrected chi connectivity index (χ2v) is 5.91. The molecule has 0 unspecified atom stereocenters. The number of ketones is 1. The Balaban J connectivity index is 2.71. The van der Waals surface area contributed by atoms with Crippen LogP contribution in [0, 0.1) is 5.82 Å². The Morgan fingerprint density at radius 1 is 0.690 bits per heavy atom. The number of hydrogen-bond acceptors (Lipinski definition) is 2. The Morgan fingerprint density at radius 2 is 1.03 bits per heavy atom. The number of alkyl halides is 11. The summed E-state index contributed by atoms with van der Waals surface area (Å²) < 4.78 is 161. The maximum absolute atomic E-state index is 14.4. The van der Waals surface area contributed by atoms with E-state index in [1.807, 2.05) is 0 Å². The summed E-state index contributed by atoms with van der Waals surface area (Å²) in [6, 6.07) is 2.06. The maximum Gasteiger partial charge on any atom is 0.384 e. The summed E-state index contributed by atoms with van der Waals surface area (Å²) in [5.74, 6) is -43.7. The Bertz CT molecular complexity index is 827. The van der Waals surface area contributed by atoms with Crippen molar-refractivity contribution in [1.29, 1.82) is 0 Å². The van der Waals surface area contributed by atoms with E-state index < -0.39 is 64.3 Å². The molecule has 1 fully saturated rings. The van der Waals surface area contributed by atoms with Crippen molar-refractivity contribution < 1.29 is 62.6 Å². The molecule has 1 saturated carbocycles. The number of carbonyl (C=O) groups is 1. The van der Waals surface area contributed by atoms with Crippen molar-refractivity contribution in [2.45, 2.75) is 35.3 Å². The number of allylic oxidation sites excluding steroid dienone is 1. The van der Waals surface area contributed by atoms with Crippen LogP contribution in [0.4, 0.5) is 52.7 Å². The highest BCUT2D eigenvalue weighted by molar-refractivity contribution is 6.03. The monoisotopic (exact) mass is 445 g/mol. The normalized spacial score (nSPS) is 26.0. The molecule has 0 atom stereocenters. The van der Waals surface area contributed by atoms with Crippen LogP contribution >= 0.6 is 0 Å². The summed E-state index contributed by atoms with van der Waals surface area (Å²) in [5.41, 5.74) is -7.78. The van der Waals surface area contributed by atoms with Gasteiger partial charge in [-0.2, -0.15) is 43.9 Å². The van der Waals surface area contributed by atoms with Crippen molar-refractivity contribution in [3.05, 3.63) is 41.7 Å². The van der Waals surface area contributed by atoms with Crippen LogP contribution in [-0.2, 0) is 4.79 Å². The van der Waals surface area contributed by atoms with Gasteiger partial charge in [0.25, 0.3) is 0 Å². The molecule has 0 radical (unpaired) electrons. The van der Waals surface area contributed by atoms with Crippen molar-refractivity contribution in [3.8, 4) is 0 Å². The van der Waals surface area contributed by atoms with Gasteiger partial charge in [-0.05, 0) is 23.8 Å². The SMILES string of the molecule is O=C(/C=C(\[O-])c1ccc(F)cc1)C1(F)C(F)(F)C(F)(F)C(F)(F)C(F)(F)C1(F)F. The molecule has 0 saturated heterocycles. The van der Waals surface area contributed by atoms with E-state index in [4.69, 9.17) is 0 Å². The minimum absolute atomic E-state index is 0.515. The molecule has 1 aliphatic rings. The van der Waals surface area contributed by atoms with E-state index in [9.17, 15) is 62.6 Å². The Labute approximate surface area is 152 Å². The van der Waals surface area contributed by atoms with E-state index >= 15 is 0 Å². The van der Waals surface area contributed by atoms with Crippen molar-refractivity contribution >= 4 is 11.5 Å². The summed E-state index contributed by atoms with van der Waals surface area (Å²) >= 11 is 0. The Morgan fingerprint density at radius 3 is 1.41 bits per heavy atom. The topological polar surface area (TPSA) is 40.1 Å². The molecule has 29 heavy (non-hydrogen) atoms. The maximum atomic E-state index is 14.4. The first-order valence-corrected chi connectivity index (χ1v) is 7.07. The fourth-order valence-corrected chi connectivity index (χ4v) is 2.45. The molecule has 0 bridgehead atoms. The van der Waals surface area contributed by atoms with Crippen LogP contribution in [0.1, 0.15) is 5.56 Å². The molecule has 1 aliphatic carbocycles. The number of carbonyl (C=O) groups excluding carboxylic acids is 1. The molecule has 0 amide bonds. The average molecular weight is 445 g/mol. The van der Waals surface area contributed by atoms with E-state index in [1.54, 1.807) is 0 Å². The zero-order valence-corrected chi connectivity index (χ0v) is 13.2. The molecule has 1 aromatic rings. The fourth-order valence-electron chi connectivity index (χ4n) is 2.45. The first-order chi connectivity index (χ1) is 12.8. The Kier molecular flexibility index (Phi) is 4.77. The van der Waals surface area contributed by atoms with Gasteiger partial charge in [0.1, 0.15) is 5.82 Å². The van der Waals surface area contributed by atoms with Gasteiger partial charge in [-0.3, -0.25) is 4.79 Å². The van der Waals surface area contributed by atoms with Gasteiger partial charge in [-0.25, -0.2) is 8.78 Å². The van der Waals surface area contributed by atoms with E-state index in [0.717, 1.165) is 0 Å². The standard InChI is InChI=1S/C15H6F12O2/c16-7-3-1-6(2-4-7)8(28)5-9(29)10(17)11(18,19)13(22,23)15(26,27)14(24,25)12(10,20)21/h1-5,28H/p-1/b8-5-. The predicted octanol–water partition coefficient (Wildman–Crippen LogP) is 3.99. The van der Waals surface area contributed by atoms with Crippen molar-refractivity contribution in [2.75, 3.05) is 0 Å². The number of halogens is 12. The summed E-state index contributed by atoms with van der Waals surface area (Å²) in [6.45, 7) is 0. The largest absolute Gasteiger partial charge is 0.872 e. The quantitative estimate of drug-likeness (QED) is 0.401. The molecule has 0 heterocycles. The first-order valence-electron chi connectivity index (χ1n) is 7.07. The van der Waals surface area contributed by atoms with E-state index in [0.29, 0.717) is 24.3 Å². The molecule has 2 nitrogen and oxygen atoms in total. The van der Waals surface area contributed by atoms with Crippen LogP contribution in [0.5, 0.6) is 0 Å². The lowest BCUT2D eigenvalue weighted by Crippen LogP contribution is -2.85. The van der Waals surface area contributed by atoms with Crippen LogP contribution in [0.15, 0.2) is 30.3 Å². The minimum Gasteiger partial charge on any atom is -0.872 e. The van der Waals surface area contributed by atoms with Crippen LogP contribution in [0.2, 0.25) is 0 Å². The lowest BCUT2D eigenvalue weighted by Gasteiger charge is -2.51. The molecule has 0 N–H and O–H groups in total. The lowest BCUT2D eigenvalue weighted by atomic mass is 9.70. The Hall–Kier alpha value is -2.41. The molecule has 14 heteroatoms. The van der Waals surface area contributed by atoms with Gasteiger partial charge in [0.15, 0.2) is 0 Å². The van der Waals surface area contributed by atoms with Crippen LogP contribution in [-0.4, -0.2) is 41.1 Å². The molecule has 0 spiro atoms. The summed E-state index contributed by atoms with van der Waals surface area (Å²) in [6.07, 6.45) is -1.01. The van der Waals surface area contributed by atoms with E-state index in [1.165, 1.54) is 0 Å². The average Bonchev–Trinajstić information content (AvgIpc) is 2.59. The van der Waals surface area contributed by atoms with Gasteiger partial charge < -0.3 is 5.11 Å². The van der Waals surface area contributed by atoms with Gasteiger partial charge in [-0.15, -0.1) is 0 Å². The van der Waals surface area contributed by atoms with Gasteiger partial charge in [-0.1, -0.05) is 17.9 Å². The van der Waals surface area contributed by atoms with Crippen molar-refractivity contribution in [2.24, 2.45) is 0 Å². The molecule has 0 aromatic heterocycles. The third-order valence-electron chi connectivity index (χ3n) is 4.17. The van der Waals surface area contributed by atoms with Gasteiger partial charge >= 0.3 is 35.3 Å². The number of hydrogen-bond donors (Lipinski definition) is 0. The van der Waals surface area contributed by atoms with Gasteiger partial charge in [0, 0.05) is 0 Å².